The van der Waals surface area contributed by atoms with E-state index in [0.717, 1.165) is 31.6 Å². The second-order valence-corrected chi connectivity index (χ2v) is 6.02. The van der Waals surface area contributed by atoms with Crippen molar-refractivity contribution in [2.75, 3.05) is 6.54 Å². The van der Waals surface area contributed by atoms with Crippen LogP contribution in [0.5, 0.6) is 0 Å². The van der Waals surface area contributed by atoms with E-state index in [1.165, 1.54) is 28.9 Å². The van der Waals surface area contributed by atoms with Crippen molar-refractivity contribution in [3.63, 3.8) is 0 Å². The van der Waals surface area contributed by atoms with Crippen molar-refractivity contribution < 1.29 is 14.7 Å². The van der Waals surface area contributed by atoms with Crippen molar-refractivity contribution in [1.29, 1.82) is 0 Å². The van der Waals surface area contributed by atoms with Crippen LogP contribution in [0.3, 0.4) is 0 Å². The molecule has 0 fully saturated rings. The van der Waals surface area contributed by atoms with E-state index in [0.29, 0.717) is 25.1 Å². The normalized spacial score (nSPS) is 13.3. The van der Waals surface area contributed by atoms with Crippen LogP contribution in [-0.2, 0) is 19.5 Å². The molecule has 2 N–H and O–H groups in total. The first-order valence-corrected chi connectivity index (χ1v) is 8.34. The van der Waals surface area contributed by atoms with Crippen molar-refractivity contribution in [2.24, 2.45) is 0 Å². The van der Waals surface area contributed by atoms with Gasteiger partial charge < -0.3 is 10.4 Å². The Balaban J connectivity index is 1.50. The van der Waals surface area contributed by atoms with Gasteiger partial charge in [0.15, 0.2) is 0 Å². The monoisotopic (exact) mass is 344 g/mol. The van der Waals surface area contributed by atoms with Crippen molar-refractivity contribution in [2.45, 2.75) is 38.8 Å². The van der Waals surface area contributed by atoms with Gasteiger partial charge in [0, 0.05) is 31.6 Å². The number of amides is 1. The molecule has 1 aliphatic heterocycles. The van der Waals surface area contributed by atoms with Crippen LogP contribution in [0.15, 0.2) is 29.1 Å². The third-order valence-corrected chi connectivity index (χ3v) is 4.26. The molecule has 132 valence electrons. The van der Waals surface area contributed by atoms with E-state index in [9.17, 15) is 14.4 Å². The molecule has 8 heteroatoms. The maximum Gasteiger partial charge on any atom is 0.345 e. The minimum atomic E-state index is -1.03. The first kappa shape index (κ1) is 16.9. The average molecular weight is 344 g/mol. The Bertz CT molecular complexity index is 835. The van der Waals surface area contributed by atoms with Gasteiger partial charge in [-0.1, -0.05) is 0 Å². The number of benzene rings is 1. The Morgan fingerprint density at radius 1 is 1.16 bits per heavy atom. The smallest absolute Gasteiger partial charge is 0.345 e. The number of rotatable bonds is 6. The molecule has 3 rings (SSSR count). The zero-order valence-electron chi connectivity index (χ0n) is 13.8. The third-order valence-electron chi connectivity index (χ3n) is 4.26. The number of aromatic nitrogens is 3. The van der Waals surface area contributed by atoms with Gasteiger partial charge >= 0.3 is 11.7 Å². The first-order chi connectivity index (χ1) is 12.1. The molecule has 25 heavy (non-hydrogen) atoms. The van der Waals surface area contributed by atoms with Crippen molar-refractivity contribution in [3.05, 3.63) is 51.7 Å². The summed E-state index contributed by atoms with van der Waals surface area (Å²) in [5, 5.41) is 16.0. The van der Waals surface area contributed by atoms with Crippen LogP contribution < -0.4 is 11.0 Å². The molecule has 0 aliphatic carbocycles. The van der Waals surface area contributed by atoms with Crippen LogP contribution in [-0.4, -0.2) is 37.9 Å². The molecule has 1 aliphatic rings. The Morgan fingerprint density at radius 3 is 2.56 bits per heavy atom. The lowest BCUT2D eigenvalue weighted by molar-refractivity contribution is 0.0696. The molecule has 1 aromatic carbocycles. The molecule has 8 nitrogen and oxygen atoms in total. The molecule has 0 unspecified atom stereocenters. The van der Waals surface area contributed by atoms with Gasteiger partial charge in [0.05, 0.1) is 5.56 Å². The van der Waals surface area contributed by atoms with E-state index in [4.69, 9.17) is 5.11 Å². The number of aromatic carboxylic acids is 1. The fourth-order valence-electron chi connectivity index (χ4n) is 2.89. The molecule has 0 bridgehead atoms. The van der Waals surface area contributed by atoms with Gasteiger partial charge in [-0.2, -0.15) is 5.10 Å². The minimum absolute atomic E-state index is 0.0784. The number of carboxylic acids is 1. The summed E-state index contributed by atoms with van der Waals surface area (Å²) in [6.45, 7) is 1.60. The van der Waals surface area contributed by atoms with Gasteiger partial charge in [0.25, 0.3) is 5.91 Å². The lowest BCUT2D eigenvalue weighted by Crippen LogP contribution is -2.29. The molecular weight excluding hydrogens is 324 g/mol. The summed E-state index contributed by atoms with van der Waals surface area (Å²) in [6.07, 6.45) is 3.50. The van der Waals surface area contributed by atoms with Crippen LogP contribution >= 0.6 is 0 Å². The first-order valence-electron chi connectivity index (χ1n) is 8.34. The topological polar surface area (TPSA) is 106 Å². The molecular formula is C17H20N4O4. The molecule has 0 atom stereocenters. The van der Waals surface area contributed by atoms with Gasteiger partial charge in [-0.15, -0.1) is 0 Å². The third kappa shape index (κ3) is 3.78. The second-order valence-electron chi connectivity index (χ2n) is 6.02. The van der Waals surface area contributed by atoms with E-state index in [1.807, 2.05) is 0 Å². The summed E-state index contributed by atoms with van der Waals surface area (Å²) in [5.74, 6) is -0.451. The van der Waals surface area contributed by atoms with Crippen LogP contribution in [0.1, 0.15) is 45.8 Å². The number of carboxylic acid groups (broad SMARTS) is 1. The second kappa shape index (κ2) is 7.33. The lowest BCUT2D eigenvalue weighted by atomic mass is 10.1. The molecule has 0 spiro atoms. The van der Waals surface area contributed by atoms with Crippen LogP contribution in [0.4, 0.5) is 0 Å². The summed E-state index contributed by atoms with van der Waals surface area (Å²) >= 11 is 0. The zero-order chi connectivity index (χ0) is 17.8. The largest absolute Gasteiger partial charge is 0.478 e. The van der Waals surface area contributed by atoms with Crippen LogP contribution in [0.2, 0.25) is 0 Å². The number of hydrogen-bond donors (Lipinski definition) is 2. The van der Waals surface area contributed by atoms with E-state index < -0.39 is 5.97 Å². The molecule has 1 aromatic heterocycles. The highest BCUT2D eigenvalue weighted by Gasteiger charge is 2.16. The Hall–Kier alpha value is -2.90. The zero-order valence-corrected chi connectivity index (χ0v) is 13.8. The Kier molecular flexibility index (Phi) is 4.97. The van der Waals surface area contributed by atoms with Crippen molar-refractivity contribution >= 4 is 11.9 Å². The molecule has 2 aromatic rings. The standard InChI is InChI=1S/C17H20N4O4/c22-15(12-5-7-13(8-6-12)16(23)24)18-9-3-11-21-17(25)20-10-2-1-4-14(20)19-21/h5-8H,1-4,9-11H2,(H,18,22)(H,23,24). The summed E-state index contributed by atoms with van der Waals surface area (Å²) in [6, 6.07) is 5.75. The lowest BCUT2D eigenvalue weighted by Gasteiger charge is -2.09. The predicted molar refractivity (Wildman–Crippen MR) is 89.8 cm³/mol. The highest BCUT2D eigenvalue weighted by Crippen LogP contribution is 2.09. The highest BCUT2D eigenvalue weighted by atomic mass is 16.4. The number of hydrogen-bond acceptors (Lipinski definition) is 4. The van der Waals surface area contributed by atoms with Gasteiger partial charge in [0.1, 0.15) is 5.82 Å². The summed E-state index contributed by atoms with van der Waals surface area (Å²) in [5.41, 5.74) is 0.463. The number of nitrogens with one attached hydrogen (secondary N) is 1. The average Bonchev–Trinajstić information content (AvgIpc) is 2.95. The van der Waals surface area contributed by atoms with Crippen molar-refractivity contribution in [1.82, 2.24) is 19.7 Å². The number of carbonyl (C=O) groups is 2. The van der Waals surface area contributed by atoms with E-state index in [2.05, 4.69) is 10.4 Å². The van der Waals surface area contributed by atoms with E-state index in [1.54, 1.807) is 4.57 Å². The SMILES string of the molecule is O=C(O)c1ccc(C(=O)NCCCn2nc3n(c2=O)CCCC3)cc1. The number of carbonyl (C=O) groups excluding carboxylic acids is 1. The molecule has 1 amide bonds. The minimum Gasteiger partial charge on any atom is -0.478 e. The Morgan fingerprint density at radius 2 is 1.88 bits per heavy atom. The summed E-state index contributed by atoms with van der Waals surface area (Å²) in [4.78, 5) is 35.0. The van der Waals surface area contributed by atoms with Crippen molar-refractivity contribution in [3.8, 4) is 0 Å². The van der Waals surface area contributed by atoms with Gasteiger partial charge in [-0.25, -0.2) is 14.3 Å². The summed E-state index contributed by atoms with van der Waals surface area (Å²) in [7, 11) is 0. The number of fused-ring (bicyclic) bond motifs is 1. The maximum absolute atomic E-state index is 12.2. The number of nitrogens with zero attached hydrogens (tertiary/aromatic N) is 3. The quantitative estimate of drug-likeness (QED) is 0.757. The molecule has 0 saturated heterocycles. The number of aryl methyl sites for hydroxylation is 2. The van der Waals surface area contributed by atoms with Gasteiger partial charge in [-0.05, 0) is 43.5 Å². The molecule has 2 heterocycles. The fraction of sp³-hybridized carbons (Fsp3) is 0.412. The summed E-state index contributed by atoms with van der Waals surface area (Å²) < 4.78 is 3.19. The van der Waals surface area contributed by atoms with Crippen LogP contribution in [0.25, 0.3) is 0 Å². The fourth-order valence-corrected chi connectivity index (χ4v) is 2.89. The van der Waals surface area contributed by atoms with E-state index in [-0.39, 0.29) is 17.2 Å². The Labute approximate surface area is 144 Å². The van der Waals surface area contributed by atoms with Crippen LogP contribution in [0, 0.1) is 0 Å². The van der Waals surface area contributed by atoms with E-state index >= 15 is 0 Å². The van der Waals surface area contributed by atoms with Gasteiger partial charge in [-0.3, -0.25) is 9.36 Å². The van der Waals surface area contributed by atoms with Gasteiger partial charge in [0.2, 0.25) is 0 Å². The highest BCUT2D eigenvalue weighted by molar-refractivity contribution is 5.95. The molecule has 0 radical (unpaired) electrons. The predicted octanol–water partition coefficient (Wildman–Crippen LogP) is 0.899. The molecule has 0 saturated carbocycles. The maximum atomic E-state index is 12.2.